The van der Waals surface area contributed by atoms with E-state index >= 15 is 0 Å². The van der Waals surface area contributed by atoms with Crippen LogP contribution in [0.15, 0.2) is 94.6 Å². The molecule has 10 heteroatoms. The summed E-state index contributed by atoms with van der Waals surface area (Å²) in [7, 11) is 1.55. The van der Waals surface area contributed by atoms with Crippen LogP contribution < -0.4 is 14.5 Å². The smallest absolute Gasteiger partial charge is 0.307 e. The van der Waals surface area contributed by atoms with E-state index in [0.29, 0.717) is 28.0 Å². The van der Waals surface area contributed by atoms with Crippen molar-refractivity contribution < 1.29 is 23.8 Å². The molecule has 0 atom stereocenters. The van der Waals surface area contributed by atoms with Gasteiger partial charge in [0.25, 0.3) is 0 Å². The highest BCUT2D eigenvalue weighted by molar-refractivity contribution is 7.99. The lowest BCUT2D eigenvalue weighted by atomic mass is 10.0. The first-order valence-corrected chi connectivity index (χ1v) is 11.9. The molecule has 36 heavy (non-hydrogen) atoms. The predicted molar refractivity (Wildman–Crippen MR) is 130 cm³/mol. The molecule has 0 aliphatic heterocycles. The van der Waals surface area contributed by atoms with Crippen molar-refractivity contribution in [2.24, 2.45) is 0 Å². The van der Waals surface area contributed by atoms with E-state index in [0.717, 1.165) is 22.9 Å². The van der Waals surface area contributed by atoms with Crippen molar-refractivity contribution in [1.29, 1.82) is 0 Å². The Hall–Kier alpha value is -4.57. The van der Waals surface area contributed by atoms with Gasteiger partial charge in [-0.25, -0.2) is 4.98 Å². The maximum atomic E-state index is 13.0. The Bertz CT molecular complexity index is 1490. The lowest BCUT2D eigenvalue weighted by molar-refractivity contribution is -0.672. The van der Waals surface area contributed by atoms with Gasteiger partial charge in [0.05, 0.1) is 18.1 Å². The number of thioether (sulfide) groups is 1. The average molecular weight is 498 g/mol. The minimum absolute atomic E-state index is 0.104. The SMILES string of the molecule is COc1ccc(-[n+]2noc([O-])c2C(=O)CSc2nnc(-c3ccccc3)c(-c3ccccc3)n2)cc1. The zero-order chi connectivity index (χ0) is 24.9. The molecule has 178 valence electrons. The number of Topliss-reactive ketones (excluding diaryl/α,β-unsaturated/α-hetero) is 1. The summed E-state index contributed by atoms with van der Waals surface area (Å²) in [5.74, 6) is -0.766. The van der Waals surface area contributed by atoms with E-state index in [4.69, 9.17) is 14.2 Å². The highest BCUT2D eigenvalue weighted by atomic mass is 32.2. The van der Waals surface area contributed by atoms with E-state index in [-0.39, 0.29) is 11.4 Å². The van der Waals surface area contributed by atoms with E-state index in [1.54, 1.807) is 31.4 Å². The van der Waals surface area contributed by atoms with Crippen molar-refractivity contribution in [3.63, 3.8) is 0 Å². The van der Waals surface area contributed by atoms with Gasteiger partial charge in [0.1, 0.15) is 17.1 Å². The molecule has 9 nitrogen and oxygen atoms in total. The molecule has 0 saturated carbocycles. The number of benzene rings is 3. The summed E-state index contributed by atoms with van der Waals surface area (Å²) in [6.07, 6.45) is 0. The van der Waals surface area contributed by atoms with Crippen molar-refractivity contribution in [1.82, 2.24) is 20.5 Å². The zero-order valence-electron chi connectivity index (χ0n) is 19.1. The Kier molecular flexibility index (Phi) is 6.67. The Morgan fingerprint density at radius 2 is 1.56 bits per heavy atom. The number of nitrogens with zero attached hydrogens (tertiary/aromatic N) is 5. The molecule has 0 aliphatic rings. The molecule has 2 aromatic heterocycles. The molecule has 0 bridgehead atoms. The number of ketones is 1. The molecule has 0 radical (unpaired) electrons. The quantitative estimate of drug-likeness (QED) is 0.180. The summed E-state index contributed by atoms with van der Waals surface area (Å²) < 4.78 is 11.1. The first kappa shape index (κ1) is 23.2. The summed E-state index contributed by atoms with van der Waals surface area (Å²) in [6, 6.07) is 26.0. The number of hydrogen-bond acceptors (Lipinski definition) is 9. The van der Waals surface area contributed by atoms with Crippen molar-refractivity contribution in [2.45, 2.75) is 5.16 Å². The molecule has 0 saturated heterocycles. The molecule has 0 spiro atoms. The predicted octanol–water partition coefficient (Wildman–Crippen LogP) is 3.53. The highest BCUT2D eigenvalue weighted by Gasteiger charge is 2.28. The van der Waals surface area contributed by atoms with Crippen LogP contribution in [0.5, 0.6) is 11.7 Å². The van der Waals surface area contributed by atoms with Crippen LogP contribution in [0.4, 0.5) is 0 Å². The monoisotopic (exact) mass is 497 g/mol. The van der Waals surface area contributed by atoms with Crippen molar-refractivity contribution in [2.75, 3.05) is 12.9 Å². The van der Waals surface area contributed by atoms with Gasteiger partial charge in [-0.15, -0.1) is 10.2 Å². The third-order valence-corrected chi connectivity index (χ3v) is 6.12. The van der Waals surface area contributed by atoms with Crippen molar-refractivity contribution >= 4 is 17.5 Å². The zero-order valence-corrected chi connectivity index (χ0v) is 19.9. The van der Waals surface area contributed by atoms with E-state index in [2.05, 4.69) is 15.5 Å². The van der Waals surface area contributed by atoms with Crippen LogP contribution in [-0.2, 0) is 0 Å². The third kappa shape index (κ3) is 4.80. The molecule has 0 unspecified atom stereocenters. The summed E-state index contributed by atoms with van der Waals surface area (Å²) in [5.41, 5.74) is 3.34. The lowest BCUT2D eigenvalue weighted by Crippen LogP contribution is -2.39. The van der Waals surface area contributed by atoms with E-state index in [1.165, 1.54) is 4.68 Å². The van der Waals surface area contributed by atoms with Crippen LogP contribution in [0.1, 0.15) is 10.5 Å². The van der Waals surface area contributed by atoms with Gasteiger partial charge in [-0.1, -0.05) is 72.4 Å². The Morgan fingerprint density at radius 1 is 0.917 bits per heavy atom. The van der Waals surface area contributed by atoms with Crippen LogP contribution in [0.2, 0.25) is 0 Å². The second-order valence-electron chi connectivity index (χ2n) is 7.55. The molecule has 2 heterocycles. The number of methoxy groups -OCH3 is 1. The normalized spacial score (nSPS) is 10.8. The molecule has 0 aliphatic carbocycles. The minimum atomic E-state index is -0.820. The standard InChI is InChI=1S/C26H19N5O4S/c1-34-20-14-12-19(13-15-20)31-24(25(33)35-30-31)21(32)16-36-26-27-22(17-8-4-2-5-9-17)23(28-29-26)18-10-6-3-7-11-18/h2-15H,16H2,1H3. The summed E-state index contributed by atoms with van der Waals surface area (Å²) >= 11 is 1.08. The van der Waals surface area contributed by atoms with E-state index in [1.807, 2.05) is 60.7 Å². The molecule has 0 N–H and O–H groups in total. The summed E-state index contributed by atoms with van der Waals surface area (Å²) in [6.45, 7) is 0. The molecular weight excluding hydrogens is 478 g/mol. The van der Waals surface area contributed by atoms with Crippen LogP contribution in [-0.4, -0.2) is 39.1 Å². The fraction of sp³-hybridized carbons (Fsp3) is 0.0769. The van der Waals surface area contributed by atoms with Gasteiger partial charge in [0.2, 0.25) is 16.6 Å². The fourth-order valence-electron chi connectivity index (χ4n) is 3.54. The largest absolute Gasteiger partial charge is 0.539 e. The second-order valence-corrected chi connectivity index (χ2v) is 8.50. The number of aromatic nitrogens is 5. The Balaban J connectivity index is 1.41. The van der Waals surface area contributed by atoms with Crippen LogP contribution >= 0.6 is 11.8 Å². The van der Waals surface area contributed by atoms with Gasteiger partial charge in [-0.2, -0.15) is 0 Å². The molecule has 5 rings (SSSR count). The summed E-state index contributed by atoms with van der Waals surface area (Å²) in [4.78, 5) is 17.7. The minimum Gasteiger partial charge on any atom is -0.539 e. The van der Waals surface area contributed by atoms with Gasteiger partial charge in [0.15, 0.2) is 5.95 Å². The number of rotatable bonds is 8. The maximum Gasteiger partial charge on any atom is 0.307 e. The van der Waals surface area contributed by atoms with Crippen LogP contribution in [0, 0.1) is 0 Å². The molecule has 0 amide bonds. The highest BCUT2D eigenvalue weighted by Crippen LogP contribution is 2.30. The van der Waals surface area contributed by atoms with Crippen LogP contribution in [0.25, 0.3) is 28.2 Å². The Labute approximate surface area is 210 Å². The van der Waals surface area contributed by atoms with Crippen molar-refractivity contribution in [3.05, 3.63) is 90.6 Å². The average Bonchev–Trinajstić information content (AvgIpc) is 3.34. The maximum absolute atomic E-state index is 13.0. The first-order valence-electron chi connectivity index (χ1n) is 10.9. The third-order valence-electron chi connectivity index (χ3n) is 5.29. The van der Waals surface area contributed by atoms with Gasteiger partial charge < -0.3 is 14.4 Å². The van der Waals surface area contributed by atoms with Crippen LogP contribution in [0.3, 0.4) is 0 Å². The number of carbonyl (C=O) groups is 1. The number of hydrogen-bond donors (Lipinski definition) is 0. The van der Waals surface area contributed by atoms with E-state index in [9.17, 15) is 9.90 Å². The Morgan fingerprint density at radius 3 is 2.19 bits per heavy atom. The molecule has 3 aromatic carbocycles. The molecule has 5 aromatic rings. The fourth-order valence-corrected chi connectivity index (χ4v) is 4.19. The number of ether oxygens (including phenoxy) is 1. The van der Waals surface area contributed by atoms with Gasteiger partial charge in [0, 0.05) is 23.3 Å². The van der Waals surface area contributed by atoms with Crippen molar-refractivity contribution in [3.8, 4) is 39.9 Å². The van der Waals surface area contributed by atoms with Gasteiger partial charge in [-0.3, -0.25) is 4.79 Å². The molecule has 0 fully saturated rings. The van der Waals surface area contributed by atoms with Gasteiger partial charge in [-0.05, 0) is 16.8 Å². The second kappa shape index (κ2) is 10.4. The first-order chi connectivity index (χ1) is 17.6. The van der Waals surface area contributed by atoms with E-state index < -0.39 is 11.7 Å². The topological polar surface area (TPSA) is 118 Å². The number of carbonyl (C=O) groups excluding carboxylic acids is 1. The summed E-state index contributed by atoms with van der Waals surface area (Å²) in [5, 5.41) is 25.0. The van der Waals surface area contributed by atoms with Gasteiger partial charge >= 0.3 is 5.69 Å². The lowest BCUT2D eigenvalue weighted by Gasteiger charge is -2.09. The molecular formula is C26H19N5O4S.